The van der Waals surface area contributed by atoms with E-state index in [4.69, 9.17) is 18.4 Å². The Kier molecular flexibility index (Phi) is 12.0. The van der Waals surface area contributed by atoms with Crippen LogP contribution in [0, 0.1) is 0 Å². The molecular weight excluding hydrogens is 1490 g/mol. The molecule has 3 aliphatic heterocycles. The van der Waals surface area contributed by atoms with Gasteiger partial charge in [-0.2, -0.15) is 0 Å². The van der Waals surface area contributed by atoms with E-state index in [0.717, 1.165) is 0 Å². The van der Waals surface area contributed by atoms with Crippen LogP contribution in [0.1, 0.15) is 0 Å². The molecule has 12 nitrogen and oxygen atoms in total. The Bertz CT molecular complexity index is 443. The van der Waals surface area contributed by atoms with Crippen molar-refractivity contribution >= 4 is 176 Å². The first-order valence-corrected chi connectivity index (χ1v) is 32.5. The standard InChI is InChI=1S/3AsH3O4.ClH.5Pb/c3*2-1(3,4)5;;;;;;/h3*(H3,2,3,4,5);1H;;;;;/q;;;;5*+2/p-10. The van der Waals surface area contributed by atoms with Gasteiger partial charge >= 0.3 is 202 Å². The molecule has 0 spiro atoms. The molecule has 0 amide bonds. The molecule has 10 radical (unpaired) electrons. The van der Waals surface area contributed by atoms with Crippen LogP contribution in [0.15, 0.2) is 0 Å². The number of hydrogen-bond acceptors (Lipinski definition) is 12. The zero-order chi connectivity index (χ0) is 15.4. The van der Waals surface area contributed by atoms with Crippen LogP contribution >= 0.6 is 8.32 Å². The summed E-state index contributed by atoms with van der Waals surface area (Å²) >= 11 is -19.0. The monoisotopic (exact) mass is 1490 g/mol. The van der Waals surface area contributed by atoms with Crippen LogP contribution in [0.2, 0.25) is 0 Å². The van der Waals surface area contributed by atoms with Gasteiger partial charge in [0.05, 0.1) is 0 Å². The van der Waals surface area contributed by atoms with Crippen LogP contribution in [0.4, 0.5) is 0 Å². The fourth-order valence-electron chi connectivity index (χ4n) is 0.556. The van der Waals surface area contributed by atoms with Crippen molar-refractivity contribution in [1.82, 2.24) is 0 Å². The van der Waals surface area contributed by atoms with E-state index in [1.54, 1.807) is 0 Å². The molecule has 3 fully saturated rings. The van der Waals surface area contributed by atoms with Crippen molar-refractivity contribution in [2.45, 2.75) is 0 Å². The summed E-state index contributed by atoms with van der Waals surface area (Å²) in [5, 5.41) is 0. The molecule has 21 heteroatoms. The number of rotatable bonds is 6. The van der Waals surface area contributed by atoms with Gasteiger partial charge in [-0.25, -0.2) is 0 Å². The molecule has 0 bridgehead atoms. The van der Waals surface area contributed by atoms with Gasteiger partial charge in [0.25, 0.3) is 0 Å². The maximum atomic E-state index is 11.1. The second-order valence-electron chi connectivity index (χ2n) is 2.57. The predicted octanol–water partition coefficient (Wildman–Crippen LogP) is -3.33. The molecule has 0 N–H and O–H groups in total. The Morgan fingerprint density at radius 3 is 1.24 bits per heavy atom. The summed E-state index contributed by atoms with van der Waals surface area (Å²) < 4.78 is 75.7. The summed E-state index contributed by atoms with van der Waals surface area (Å²) in [5.74, 6) is 0. The van der Waals surface area contributed by atoms with Crippen molar-refractivity contribution in [3.05, 3.63) is 0 Å². The Morgan fingerprint density at radius 1 is 0.714 bits per heavy atom. The molecule has 3 rings (SSSR count). The van der Waals surface area contributed by atoms with Crippen LogP contribution in [-0.4, -0.2) is 168 Å². The summed E-state index contributed by atoms with van der Waals surface area (Å²) in [6.07, 6.45) is 0. The van der Waals surface area contributed by atoms with Gasteiger partial charge in [-0.3, -0.25) is 0 Å². The molecule has 0 aromatic rings. The van der Waals surface area contributed by atoms with Gasteiger partial charge in [-0.15, -0.1) is 0 Å². The van der Waals surface area contributed by atoms with Crippen molar-refractivity contribution in [3.63, 3.8) is 0 Å². The van der Waals surface area contributed by atoms with E-state index in [2.05, 4.69) is 5.03 Å². The van der Waals surface area contributed by atoms with Gasteiger partial charge < -0.3 is 0 Å². The fourth-order valence-corrected chi connectivity index (χ4v) is 72.0. The summed E-state index contributed by atoms with van der Waals surface area (Å²) in [4.78, 5) is 0. The summed E-state index contributed by atoms with van der Waals surface area (Å²) in [6.45, 7) is 0. The molecule has 3 aliphatic rings. The van der Waals surface area contributed by atoms with E-state index in [0.29, 0.717) is 0 Å². The molecular formula is As3ClO12Pb5. The van der Waals surface area contributed by atoms with Crippen molar-refractivity contribution in [2.75, 3.05) is 0 Å². The molecule has 0 aliphatic carbocycles. The molecule has 0 atom stereocenters. The zero-order valence-electron chi connectivity index (χ0n) is 9.12. The molecule has 0 aromatic heterocycles. The summed E-state index contributed by atoms with van der Waals surface area (Å²) in [6, 6.07) is 0. The van der Waals surface area contributed by atoms with Crippen molar-refractivity contribution in [2.24, 2.45) is 0 Å². The Hall–Kier alpha value is 5.62. The Labute approximate surface area is 197 Å². The van der Waals surface area contributed by atoms with Gasteiger partial charge in [0.1, 0.15) is 0 Å². The third kappa shape index (κ3) is 8.25. The van der Waals surface area contributed by atoms with E-state index in [-0.39, 0.29) is 0 Å². The molecule has 114 valence electrons. The third-order valence-electron chi connectivity index (χ3n) is 1.34. The summed E-state index contributed by atoms with van der Waals surface area (Å²) in [7, 11) is 5.28. The minimum absolute atomic E-state index is 1.31. The molecule has 0 unspecified atom stereocenters. The maximum absolute atomic E-state index is 11.1. The quantitative estimate of drug-likeness (QED) is 0.247. The first-order valence-electron chi connectivity index (χ1n) is 4.22. The second-order valence-corrected chi connectivity index (χ2v) is 49.4. The van der Waals surface area contributed by atoms with Crippen molar-refractivity contribution < 1.29 is 26.3 Å². The zero-order valence-corrected chi connectivity index (χ0v) is 34.9. The fraction of sp³-hybridized carbons (Fsp3) is 0. The van der Waals surface area contributed by atoms with Gasteiger partial charge in [0.2, 0.25) is 0 Å². The van der Waals surface area contributed by atoms with Gasteiger partial charge in [-0.05, 0) is 0 Å². The van der Waals surface area contributed by atoms with E-state index >= 15 is 0 Å². The normalized spacial score (nSPS) is 27.3. The average Bonchev–Trinajstić information content (AvgIpc) is 2.34. The Morgan fingerprint density at radius 2 is 1.05 bits per heavy atom. The van der Waals surface area contributed by atoms with Crippen molar-refractivity contribution in [1.29, 1.82) is 0 Å². The van der Waals surface area contributed by atoms with Crippen LogP contribution in [0.3, 0.4) is 0 Å². The first-order chi connectivity index (χ1) is 9.89. The SMILES string of the molecule is O=[As]1([O][Pb][Cl])[O][Pb][O]1.O=[As]1([O][Pb][O][As]2(=O)[O][Pb][O]2)[O][Pb][O]1. The van der Waals surface area contributed by atoms with Gasteiger partial charge in [0, 0.05) is 0 Å². The molecule has 21 heavy (non-hydrogen) atoms. The first kappa shape index (κ1) is 22.9. The topological polar surface area (TPSA) is 134 Å². The van der Waals surface area contributed by atoms with Crippen LogP contribution in [-0.2, 0) is 26.3 Å². The van der Waals surface area contributed by atoms with E-state index in [1.165, 1.54) is 0 Å². The predicted molar refractivity (Wildman–Crippen MR) is 63.7 cm³/mol. The average molecular weight is 1490 g/mol. The van der Waals surface area contributed by atoms with Gasteiger partial charge in [0.15, 0.2) is 0 Å². The Balaban J connectivity index is 0.000000173. The van der Waals surface area contributed by atoms with Crippen LogP contribution < -0.4 is 0 Å². The van der Waals surface area contributed by atoms with Crippen molar-refractivity contribution in [3.8, 4) is 0 Å². The molecule has 3 heterocycles. The minimum atomic E-state index is -3.81. The molecule has 0 saturated carbocycles. The second kappa shape index (κ2) is 11.0. The molecule has 0 aromatic carbocycles. The number of halogens is 1. The van der Waals surface area contributed by atoms with E-state index in [9.17, 15) is 11.2 Å². The van der Waals surface area contributed by atoms with E-state index < -0.39 is 168 Å². The van der Waals surface area contributed by atoms with Gasteiger partial charge in [-0.1, -0.05) is 0 Å². The van der Waals surface area contributed by atoms with E-state index in [1.807, 2.05) is 0 Å². The molecule has 3 saturated heterocycles. The van der Waals surface area contributed by atoms with Crippen LogP contribution in [0.5, 0.6) is 0 Å². The summed E-state index contributed by atoms with van der Waals surface area (Å²) in [5.41, 5.74) is 0. The third-order valence-corrected chi connectivity index (χ3v) is 64.2. The number of hydrogen-bond donors (Lipinski definition) is 0. The van der Waals surface area contributed by atoms with Crippen LogP contribution in [0.25, 0.3) is 0 Å².